The van der Waals surface area contributed by atoms with E-state index in [0.717, 1.165) is 12.0 Å². The first-order valence-corrected chi connectivity index (χ1v) is 4.79. The number of methoxy groups -OCH3 is 1. The van der Waals surface area contributed by atoms with Crippen molar-refractivity contribution < 1.29 is 44.2 Å². The Morgan fingerprint density at radius 1 is 1.38 bits per heavy atom. The van der Waals surface area contributed by atoms with Crippen molar-refractivity contribution in [2.24, 2.45) is 0 Å². The van der Waals surface area contributed by atoms with Gasteiger partial charge in [0.05, 0.1) is 7.11 Å². The Bertz CT molecular complexity index is 438. The molecule has 0 saturated carbocycles. The van der Waals surface area contributed by atoms with Crippen LogP contribution in [-0.4, -0.2) is 12.9 Å². The molecule has 0 saturated heterocycles. The van der Waals surface area contributed by atoms with Crippen molar-refractivity contribution in [3.8, 4) is 5.75 Å². The van der Waals surface area contributed by atoms with Crippen molar-refractivity contribution in [1.29, 1.82) is 0 Å². The van der Waals surface area contributed by atoms with Gasteiger partial charge < -0.3 is 9.84 Å². The zero-order chi connectivity index (χ0) is 10.8. The summed E-state index contributed by atoms with van der Waals surface area (Å²) in [6, 6.07) is 5.41. The third-order valence-electron chi connectivity index (χ3n) is 2.66. The van der Waals surface area contributed by atoms with E-state index in [1.807, 2.05) is 12.1 Å². The van der Waals surface area contributed by atoms with E-state index in [1.165, 1.54) is 0 Å². The Hall–Kier alpha value is -0.770. The van der Waals surface area contributed by atoms with Gasteiger partial charge in [-0.3, -0.25) is 4.79 Å². The fraction of sp³-hybridized carbons (Fsp3) is 0.250. The molecule has 0 radical (unpaired) electrons. The minimum Gasteiger partial charge on any atom is -0.878 e. The molecule has 0 atom stereocenters. The maximum absolute atomic E-state index is 11.8. The SMILES string of the molecule is COc1ccc2c(c1)C(=O)C(=C[O-])CC2.[Na+]. The summed E-state index contributed by atoms with van der Waals surface area (Å²) in [5.41, 5.74) is 1.95. The molecule has 1 aliphatic rings. The van der Waals surface area contributed by atoms with Crippen LogP contribution < -0.4 is 39.4 Å². The minimum absolute atomic E-state index is 0. The van der Waals surface area contributed by atoms with Gasteiger partial charge in [-0.15, -0.1) is 6.26 Å². The summed E-state index contributed by atoms with van der Waals surface area (Å²) in [7, 11) is 1.55. The first kappa shape index (κ1) is 13.3. The Kier molecular flexibility index (Phi) is 4.59. The maximum atomic E-state index is 11.8. The number of allylic oxidation sites excluding steroid dienone is 1. The third-order valence-corrected chi connectivity index (χ3v) is 2.66. The Labute approximate surface area is 116 Å². The van der Waals surface area contributed by atoms with E-state index in [4.69, 9.17) is 4.74 Å². The number of ether oxygens (including phenoxy) is 1. The molecule has 0 aromatic heterocycles. The Morgan fingerprint density at radius 2 is 2.12 bits per heavy atom. The topological polar surface area (TPSA) is 49.4 Å². The molecule has 0 N–H and O–H groups in total. The number of hydrogen-bond acceptors (Lipinski definition) is 3. The van der Waals surface area contributed by atoms with Crippen molar-refractivity contribution in [2.75, 3.05) is 7.11 Å². The third kappa shape index (κ3) is 2.32. The monoisotopic (exact) mass is 226 g/mol. The molecule has 0 fully saturated rings. The molecule has 0 bridgehead atoms. The number of carbonyl (C=O) groups excluding carboxylic acids is 1. The Balaban J connectivity index is 0.00000128. The number of Topliss-reactive ketones (excluding diaryl/α,β-unsaturated/α-hetero) is 1. The summed E-state index contributed by atoms with van der Waals surface area (Å²) in [6.07, 6.45) is 1.95. The van der Waals surface area contributed by atoms with Crippen LogP contribution in [0.4, 0.5) is 0 Å². The van der Waals surface area contributed by atoms with E-state index in [0.29, 0.717) is 29.6 Å². The molecule has 1 aliphatic carbocycles. The number of carbonyl (C=O) groups is 1. The summed E-state index contributed by atoms with van der Waals surface area (Å²) in [5, 5.41) is 10.6. The summed E-state index contributed by atoms with van der Waals surface area (Å²) in [4.78, 5) is 11.8. The van der Waals surface area contributed by atoms with Gasteiger partial charge in [0.2, 0.25) is 0 Å². The van der Waals surface area contributed by atoms with Crippen LogP contribution in [0.2, 0.25) is 0 Å². The molecule has 3 nitrogen and oxygen atoms in total. The molecule has 78 valence electrons. The second-order valence-electron chi connectivity index (χ2n) is 3.50. The average Bonchev–Trinajstić information content (AvgIpc) is 2.29. The van der Waals surface area contributed by atoms with E-state index in [1.54, 1.807) is 13.2 Å². The maximum Gasteiger partial charge on any atom is 1.00 e. The molecule has 0 aliphatic heterocycles. The molecule has 0 amide bonds. The quantitative estimate of drug-likeness (QED) is 0.318. The van der Waals surface area contributed by atoms with E-state index < -0.39 is 0 Å². The van der Waals surface area contributed by atoms with Gasteiger partial charge in [-0.2, -0.15) is 0 Å². The van der Waals surface area contributed by atoms with Gasteiger partial charge in [0, 0.05) is 5.56 Å². The van der Waals surface area contributed by atoms with E-state index in [-0.39, 0.29) is 35.3 Å². The molecule has 0 heterocycles. The van der Waals surface area contributed by atoms with E-state index in [2.05, 4.69) is 0 Å². The van der Waals surface area contributed by atoms with Crippen LogP contribution in [0.5, 0.6) is 5.75 Å². The predicted octanol–water partition coefficient (Wildman–Crippen LogP) is -1.93. The summed E-state index contributed by atoms with van der Waals surface area (Å²) in [6.45, 7) is 0. The van der Waals surface area contributed by atoms with Crippen molar-refractivity contribution in [1.82, 2.24) is 0 Å². The molecule has 0 spiro atoms. The largest absolute Gasteiger partial charge is 1.00 e. The first-order valence-electron chi connectivity index (χ1n) is 4.79. The van der Waals surface area contributed by atoms with Crippen LogP contribution in [-0.2, 0) is 6.42 Å². The zero-order valence-corrected chi connectivity index (χ0v) is 11.4. The standard InChI is InChI=1S/C12H12O3.Na/c1-15-10-5-4-8-2-3-9(7-13)12(14)11(8)6-10;/h4-7,13H,2-3H2,1H3;/q;+1/p-1. The number of rotatable bonds is 1. The summed E-state index contributed by atoms with van der Waals surface area (Å²) in [5.74, 6) is 0.486. The van der Waals surface area contributed by atoms with E-state index >= 15 is 0 Å². The molecule has 0 unspecified atom stereocenters. The normalized spacial score (nSPS) is 16.6. The van der Waals surface area contributed by atoms with Gasteiger partial charge in [-0.05, 0) is 36.1 Å². The van der Waals surface area contributed by atoms with Gasteiger partial charge in [0.1, 0.15) is 5.75 Å². The van der Waals surface area contributed by atoms with Crippen LogP contribution in [0, 0.1) is 0 Å². The smallest absolute Gasteiger partial charge is 0.878 e. The van der Waals surface area contributed by atoms with Gasteiger partial charge in [0.25, 0.3) is 0 Å². The van der Waals surface area contributed by atoms with Crippen LogP contribution in [0.1, 0.15) is 22.3 Å². The number of fused-ring (bicyclic) bond motifs is 1. The number of ketones is 1. The molecule has 16 heavy (non-hydrogen) atoms. The second kappa shape index (κ2) is 5.53. The first-order chi connectivity index (χ1) is 7.26. The predicted molar refractivity (Wildman–Crippen MR) is 53.7 cm³/mol. The van der Waals surface area contributed by atoms with Crippen molar-refractivity contribution in [3.63, 3.8) is 0 Å². The Morgan fingerprint density at radius 3 is 2.75 bits per heavy atom. The van der Waals surface area contributed by atoms with Crippen molar-refractivity contribution >= 4 is 5.78 Å². The minimum atomic E-state index is -0.162. The van der Waals surface area contributed by atoms with Crippen molar-refractivity contribution in [3.05, 3.63) is 41.2 Å². The zero-order valence-electron chi connectivity index (χ0n) is 9.45. The van der Waals surface area contributed by atoms with Crippen LogP contribution in [0.3, 0.4) is 0 Å². The van der Waals surface area contributed by atoms with Gasteiger partial charge >= 0.3 is 29.6 Å². The molecule has 1 aromatic carbocycles. The number of aryl methyl sites for hydroxylation is 1. The second-order valence-corrected chi connectivity index (χ2v) is 3.50. The number of hydrogen-bond donors (Lipinski definition) is 0. The van der Waals surface area contributed by atoms with Crippen LogP contribution in [0.25, 0.3) is 0 Å². The van der Waals surface area contributed by atoms with Crippen LogP contribution in [0.15, 0.2) is 30.0 Å². The molecule has 4 heteroatoms. The molecular weight excluding hydrogens is 215 g/mol. The van der Waals surface area contributed by atoms with Gasteiger partial charge in [-0.25, -0.2) is 0 Å². The molecular formula is C12H11NaO3. The fourth-order valence-electron chi connectivity index (χ4n) is 1.78. The molecule has 1 aromatic rings. The molecule has 2 rings (SSSR count). The summed E-state index contributed by atoms with van der Waals surface area (Å²) >= 11 is 0. The average molecular weight is 226 g/mol. The number of benzene rings is 1. The van der Waals surface area contributed by atoms with E-state index in [9.17, 15) is 9.90 Å². The van der Waals surface area contributed by atoms with Crippen molar-refractivity contribution in [2.45, 2.75) is 12.8 Å². The fourth-order valence-corrected chi connectivity index (χ4v) is 1.78. The van der Waals surface area contributed by atoms with Crippen LogP contribution >= 0.6 is 0 Å². The van der Waals surface area contributed by atoms with Gasteiger partial charge in [0.15, 0.2) is 5.78 Å². The van der Waals surface area contributed by atoms with Gasteiger partial charge in [-0.1, -0.05) is 6.07 Å². The summed E-state index contributed by atoms with van der Waals surface area (Å²) < 4.78 is 5.05.